The number of benzene rings is 1. The van der Waals surface area contributed by atoms with Crippen molar-refractivity contribution >= 4 is 23.1 Å². The zero-order valence-corrected chi connectivity index (χ0v) is 16.2. The fraction of sp³-hybridized carbons (Fsp3) is 0.182. The molecule has 5 nitrogen and oxygen atoms in total. The van der Waals surface area contributed by atoms with Crippen LogP contribution in [0.25, 0.3) is 5.57 Å². The second-order valence-electron chi connectivity index (χ2n) is 6.48. The highest BCUT2D eigenvalue weighted by Crippen LogP contribution is 2.32. The minimum absolute atomic E-state index is 0.128. The van der Waals surface area contributed by atoms with E-state index >= 15 is 0 Å². The van der Waals surface area contributed by atoms with Crippen molar-refractivity contribution in [3.05, 3.63) is 94.9 Å². The van der Waals surface area contributed by atoms with E-state index in [0.717, 1.165) is 29.7 Å². The van der Waals surface area contributed by atoms with Crippen molar-refractivity contribution < 1.29 is 10.0 Å². The van der Waals surface area contributed by atoms with Crippen LogP contribution in [0.2, 0.25) is 5.02 Å². The number of hydroxylamine groups is 1. The van der Waals surface area contributed by atoms with Gasteiger partial charge < -0.3 is 4.90 Å². The van der Waals surface area contributed by atoms with Gasteiger partial charge in [0.1, 0.15) is 0 Å². The van der Waals surface area contributed by atoms with Crippen molar-refractivity contribution in [1.82, 2.24) is 15.4 Å². The smallest absolute Gasteiger partial charge is 0.253 e. The summed E-state index contributed by atoms with van der Waals surface area (Å²) < 4.78 is 0. The van der Waals surface area contributed by atoms with Gasteiger partial charge in [-0.05, 0) is 48.7 Å². The molecule has 1 amide bonds. The zero-order valence-electron chi connectivity index (χ0n) is 15.4. The molecule has 1 aliphatic rings. The van der Waals surface area contributed by atoms with Gasteiger partial charge in [0.05, 0.1) is 5.69 Å². The third-order valence-corrected chi connectivity index (χ3v) is 4.95. The van der Waals surface area contributed by atoms with Crippen molar-refractivity contribution in [3.63, 3.8) is 0 Å². The molecular weight excluding hydrogens is 374 g/mol. The number of pyridine rings is 1. The SMILES string of the molecule is C=C(/C=C\NO)C(=O)N1CCC(=C(c2ccc(Cl)cc2)c2ccccn2)CC1. The number of hydrogen-bond donors (Lipinski definition) is 2. The van der Waals surface area contributed by atoms with Crippen LogP contribution in [0.5, 0.6) is 0 Å². The fourth-order valence-electron chi connectivity index (χ4n) is 3.30. The van der Waals surface area contributed by atoms with E-state index < -0.39 is 0 Å². The molecule has 1 saturated heterocycles. The Hall–Kier alpha value is -2.89. The van der Waals surface area contributed by atoms with Gasteiger partial charge >= 0.3 is 0 Å². The molecule has 0 radical (unpaired) electrons. The van der Waals surface area contributed by atoms with Gasteiger partial charge in [-0.25, -0.2) is 0 Å². The third-order valence-electron chi connectivity index (χ3n) is 4.70. The first-order chi connectivity index (χ1) is 13.6. The van der Waals surface area contributed by atoms with Gasteiger partial charge in [-0.1, -0.05) is 42.0 Å². The largest absolute Gasteiger partial charge is 0.338 e. The lowest BCUT2D eigenvalue weighted by atomic mass is 9.90. The number of carbonyl (C=O) groups is 1. The molecule has 1 aromatic carbocycles. The summed E-state index contributed by atoms with van der Waals surface area (Å²) >= 11 is 6.06. The monoisotopic (exact) mass is 395 g/mol. The quantitative estimate of drug-likeness (QED) is 0.452. The van der Waals surface area contributed by atoms with E-state index in [9.17, 15) is 4.79 Å². The van der Waals surface area contributed by atoms with Gasteiger partial charge in [-0.3, -0.25) is 20.5 Å². The Kier molecular flexibility index (Phi) is 6.63. The molecule has 1 fully saturated rings. The normalized spacial score (nSPS) is 14.2. The van der Waals surface area contributed by atoms with Crippen LogP contribution in [0.4, 0.5) is 0 Å². The number of piperidine rings is 1. The Labute approximate surface area is 169 Å². The summed E-state index contributed by atoms with van der Waals surface area (Å²) in [6.45, 7) is 4.98. The summed E-state index contributed by atoms with van der Waals surface area (Å²) in [4.78, 5) is 18.8. The Morgan fingerprint density at radius 1 is 1.18 bits per heavy atom. The van der Waals surface area contributed by atoms with Gasteiger partial charge in [0.2, 0.25) is 0 Å². The number of nitrogens with zero attached hydrogens (tertiary/aromatic N) is 2. The van der Waals surface area contributed by atoms with Crippen molar-refractivity contribution in [2.45, 2.75) is 12.8 Å². The zero-order chi connectivity index (χ0) is 19.9. The molecule has 0 saturated carbocycles. The molecule has 1 aromatic heterocycles. The molecule has 2 N–H and O–H groups in total. The van der Waals surface area contributed by atoms with E-state index in [1.54, 1.807) is 11.1 Å². The van der Waals surface area contributed by atoms with Crippen molar-refractivity contribution in [2.75, 3.05) is 13.1 Å². The fourth-order valence-corrected chi connectivity index (χ4v) is 3.43. The van der Waals surface area contributed by atoms with Crippen molar-refractivity contribution in [3.8, 4) is 0 Å². The summed E-state index contributed by atoms with van der Waals surface area (Å²) in [6, 6.07) is 13.6. The summed E-state index contributed by atoms with van der Waals surface area (Å²) in [5.41, 5.74) is 6.57. The lowest BCUT2D eigenvalue weighted by molar-refractivity contribution is -0.127. The summed E-state index contributed by atoms with van der Waals surface area (Å²) in [6.07, 6.45) is 6.04. The van der Waals surface area contributed by atoms with Crippen molar-refractivity contribution in [2.24, 2.45) is 0 Å². The first kappa shape index (κ1) is 19.9. The number of carbonyl (C=O) groups excluding carboxylic acids is 1. The average Bonchev–Trinajstić information content (AvgIpc) is 2.74. The van der Waals surface area contributed by atoms with Crippen LogP contribution < -0.4 is 5.48 Å². The molecule has 0 unspecified atom stereocenters. The minimum atomic E-state index is -0.128. The van der Waals surface area contributed by atoms with Crippen LogP contribution in [0.1, 0.15) is 24.1 Å². The number of amides is 1. The van der Waals surface area contributed by atoms with E-state index in [0.29, 0.717) is 23.7 Å². The summed E-state index contributed by atoms with van der Waals surface area (Å²) in [5.74, 6) is -0.128. The molecule has 1 aliphatic heterocycles. The summed E-state index contributed by atoms with van der Waals surface area (Å²) in [7, 11) is 0. The number of likely N-dealkylation sites (tertiary alicyclic amines) is 1. The van der Waals surface area contributed by atoms with Gasteiger partial charge in [0.25, 0.3) is 5.91 Å². The minimum Gasteiger partial charge on any atom is -0.338 e. The first-order valence-corrected chi connectivity index (χ1v) is 9.41. The van der Waals surface area contributed by atoms with Gasteiger partial charge in [0.15, 0.2) is 0 Å². The Bertz CT molecular complexity index is 895. The van der Waals surface area contributed by atoms with E-state index in [1.165, 1.54) is 17.8 Å². The molecule has 6 heteroatoms. The number of hydrogen-bond acceptors (Lipinski definition) is 4. The van der Waals surface area contributed by atoms with Crippen LogP contribution >= 0.6 is 11.6 Å². The molecule has 0 aliphatic carbocycles. The highest BCUT2D eigenvalue weighted by atomic mass is 35.5. The van der Waals surface area contributed by atoms with Crippen LogP contribution in [0, 0.1) is 0 Å². The van der Waals surface area contributed by atoms with E-state index in [1.807, 2.05) is 47.9 Å². The van der Waals surface area contributed by atoms with Crippen molar-refractivity contribution in [1.29, 1.82) is 0 Å². The molecule has 3 rings (SSSR count). The molecule has 144 valence electrons. The highest BCUT2D eigenvalue weighted by molar-refractivity contribution is 6.30. The van der Waals surface area contributed by atoms with Gasteiger partial charge in [-0.2, -0.15) is 0 Å². The van der Waals surface area contributed by atoms with E-state index in [4.69, 9.17) is 16.8 Å². The topological polar surface area (TPSA) is 65.5 Å². The van der Waals surface area contributed by atoms with Crippen LogP contribution in [0.3, 0.4) is 0 Å². The molecule has 2 heterocycles. The molecule has 0 bridgehead atoms. The van der Waals surface area contributed by atoms with E-state index in [-0.39, 0.29) is 5.91 Å². The first-order valence-electron chi connectivity index (χ1n) is 9.04. The van der Waals surface area contributed by atoms with Gasteiger partial charge in [0, 0.05) is 41.7 Å². The number of nitrogens with one attached hydrogen (secondary N) is 1. The Balaban J connectivity index is 1.85. The average molecular weight is 396 g/mol. The second kappa shape index (κ2) is 9.35. The molecule has 0 atom stereocenters. The maximum atomic E-state index is 12.5. The lowest BCUT2D eigenvalue weighted by Crippen LogP contribution is -2.37. The predicted octanol–water partition coefficient (Wildman–Crippen LogP) is 4.21. The highest BCUT2D eigenvalue weighted by Gasteiger charge is 2.23. The number of rotatable bonds is 5. The second-order valence-corrected chi connectivity index (χ2v) is 6.92. The van der Waals surface area contributed by atoms with Crippen LogP contribution in [-0.2, 0) is 4.79 Å². The Morgan fingerprint density at radius 3 is 2.50 bits per heavy atom. The predicted molar refractivity (Wildman–Crippen MR) is 111 cm³/mol. The maximum absolute atomic E-state index is 12.5. The van der Waals surface area contributed by atoms with Crippen LogP contribution in [0.15, 0.2) is 78.7 Å². The lowest BCUT2D eigenvalue weighted by Gasteiger charge is -2.30. The standard InChI is InChI=1S/C22H22ClN3O2/c1-16(9-13-25-28)22(27)26-14-10-18(11-15-26)21(20-4-2-3-12-24-20)17-5-7-19(23)8-6-17/h2-9,12-13,25,28H,1,10-11,14-15H2/b13-9-. The molecular formula is C22H22ClN3O2. The molecule has 28 heavy (non-hydrogen) atoms. The Morgan fingerprint density at radius 2 is 1.89 bits per heavy atom. The maximum Gasteiger partial charge on any atom is 0.253 e. The van der Waals surface area contributed by atoms with E-state index in [2.05, 4.69) is 11.6 Å². The molecule has 0 spiro atoms. The van der Waals surface area contributed by atoms with Gasteiger partial charge in [-0.15, -0.1) is 0 Å². The number of halogens is 1. The summed E-state index contributed by atoms with van der Waals surface area (Å²) in [5, 5.41) is 9.31. The number of aromatic nitrogens is 1. The van der Waals surface area contributed by atoms with Crippen LogP contribution in [-0.4, -0.2) is 34.1 Å². The molecule has 2 aromatic rings. The third kappa shape index (κ3) is 4.68.